The van der Waals surface area contributed by atoms with Crippen LogP contribution in [0.3, 0.4) is 0 Å². The minimum Gasteiger partial charge on any atom is -0.444 e. The molecule has 200 valence electrons. The molecule has 39 heavy (non-hydrogen) atoms. The average Bonchev–Trinajstić information content (AvgIpc) is 3.48. The highest BCUT2D eigenvalue weighted by atomic mass is 19.4. The maximum atomic E-state index is 13.1. The van der Waals surface area contributed by atoms with Crippen LogP contribution in [-0.2, 0) is 17.4 Å². The van der Waals surface area contributed by atoms with Crippen LogP contribution in [0.2, 0.25) is 0 Å². The number of oxazole rings is 1. The standard InChI is InChI=1S/C29H25F3N4O3/c30-29(31,32)26-6-2-5-24(34-26)16-27(37)35-23-9-7-19(8-10-23)20-11-13-36(14-12-20)28(38)22-4-1-3-21(15-22)25-17-33-18-39-25/h1-10,15,17-18,20H,11-14,16H2,(H,35,37). The van der Waals surface area contributed by atoms with Crippen molar-refractivity contribution in [3.05, 3.63) is 102 Å². The van der Waals surface area contributed by atoms with Gasteiger partial charge in [-0.25, -0.2) is 9.97 Å². The third kappa shape index (κ3) is 6.34. The number of anilines is 1. The SMILES string of the molecule is O=C(Cc1cccc(C(F)(F)F)n1)Nc1ccc(C2CCN(C(=O)c3cccc(-c4cnco4)c3)CC2)cc1. The molecule has 0 atom stereocenters. The molecule has 0 aliphatic carbocycles. The molecule has 7 nitrogen and oxygen atoms in total. The highest BCUT2D eigenvalue weighted by Crippen LogP contribution is 2.30. The van der Waals surface area contributed by atoms with Crippen molar-refractivity contribution < 1.29 is 27.2 Å². The van der Waals surface area contributed by atoms with Gasteiger partial charge in [0.25, 0.3) is 5.91 Å². The summed E-state index contributed by atoms with van der Waals surface area (Å²) in [6.07, 6.45) is -0.248. The van der Waals surface area contributed by atoms with Crippen LogP contribution in [-0.4, -0.2) is 39.8 Å². The summed E-state index contributed by atoms with van der Waals surface area (Å²) in [5.41, 5.74) is 2.08. The first-order valence-electron chi connectivity index (χ1n) is 12.5. The van der Waals surface area contributed by atoms with Crippen molar-refractivity contribution in [1.82, 2.24) is 14.9 Å². The van der Waals surface area contributed by atoms with Crippen LogP contribution >= 0.6 is 0 Å². The summed E-state index contributed by atoms with van der Waals surface area (Å²) in [5.74, 6) is 0.404. The lowest BCUT2D eigenvalue weighted by Crippen LogP contribution is -2.37. The van der Waals surface area contributed by atoms with Crippen LogP contribution in [0.25, 0.3) is 11.3 Å². The third-order valence-electron chi connectivity index (χ3n) is 6.71. The molecule has 1 fully saturated rings. The number of alkyl halides is 3. The lowest BCUT2D eigenvalue weighted by atomic mass is 9.89. The number of piperidine rings is 1. The van der Waals surface area contributed by atoms with Gasteiger partial charge in [-0.1, -0.05) is 30.3 Å². The Morgan fingerprint density at radius 1 is 1.00 bits per heavy atom. The molecule has 0 saturated carbocycles. The van der Waals surface area contributed by atoms with E-state index in [0.29, 0.717) is 30.1 Å². The number of benzene rings is 2. The van der Waals surface area contributed by atoms with E-state index in [1.54, 1.807) is 24.4 Å². The second-order valence-corrected chi connectivity index (χ2v) is 9.37. The van der Waals surface area contributed by atoms with E-state index >= 15 is 0 Å². The number of carbonyl (C=O) groups is 2. The van der Waals surface area contributed by atoms with E-state index in [2.05, 4.69) is 15.3 Å². The summed E-state index contributed by atoms with van der Waals surface area (Å²) in [7, 11) is 0. The monoisotopic (exact) mass is 534 g/mol. The number of amides is 2. The molecule has 0 spiro atoms. The zero-order valence-corrected chi connectivity index (χ0v) is 20.8. The van der Waals surface area contributed by atoms with Gasteiger partial charge in [0, 0.05) is 29.9 Å². The highest BCUT2D eigenvalue weighted by molar-refractivity contribution is 5.95. The van der Waals surface area contributed by atoms with E-state index in [1.807, 2.05) is 35.2 Å². The summed E-state index contributed by atoms with van der Waals surface area (Å²) in [6, 6.07) is 18.2. The Bertz CT molecular complexity index is 1450. The lowest BCUT2D eigenvalue weighted by Gasteiger charge is -2.32. The first kappa shape index (κ1) is 26.1. The molecule has 1 aliphatic heterocycles. The van der Waals surface area contributed by atoms with Crippen LogP contribution in [0.1, 0.15) is 46.1 Å². The van der Waals surface area contributed by atoms with Gasteiger partial charge in [0.05, 0.1) is 18.3 Å². The molecule has 5 rings (SSSR count). The van der Waals surface area contributed by atoms with Gasteiger partial charge in [-0.3, -0.25) is 9.59 Å². The third-order valence-corrected chi connectivity index (χ3v) is 6.71. The maximum Gasteiger partial charge on any atom is 0.433 e. The fourth-order valence-electron chi connectivity index (χ4n) is 4.71. The molecule has 0 unspecified atom stereocenters. The van der Waals surface area contributed by atoms with Gasteiger partial charge in [0.15, 0.2) is 12.2 Å². The zero-order chi connectivity index (χ0) is 27.4. The van der Waals surface area contributed by atoms with E-state index < -0.39 is 17.8 Å². The minimum absolute atomic E-state index is 0.0249. The number of nitrogens with zero attached hydrogens (tertiary/aromatic N) is 3. The van der Waals surface area contributed by atoms with E-state index in [1.165, 1.54) is 18.5 Å². The number of hydrogen-bond acceptors (Lipinski definition) is 5. The molecular formula is C29H25F3N4O3. The van der Waals surface area contributed by atoms with Gasteiger partial charge in [-0.2, -0.15) is 13.2 Å². The average molecular weight is 535 g/mol. The summed E-state index contributed by atoms with van der Waals surface area (Å²) in [4.78, 5) is 34.8. The molecule has 4 aromatic rings. The van der Waals surface area contributed by atoms with Crippen molar-refractivity contribution in [1.29, 1.82) is 0 Å². The molecule has 10 heteroatoms. The first-order chi connectivity index (χ1) is 18.8. The molecule has 1 aliphatic rings. The number of hydrogen-bond donors (Lipinski definition) is 1. The minimum atomic E-state index is -4.56. The van der Waals surface area contributed by atoms with Crippen LogP contribution in [0.4, 0.5) is 18.9 Å². The number of nitrogens with one attached hydrogen (secondary N) is 1. The smallest absolute Gasteiger partial charge is 0.433 e. The van der Waals surface area contributed by atoms with E-state index in [4.69, 9.17) is 4.42 Å². The van der Waals surface area contributed by atoms with Crippen LogP contribution in [0, 0.1) is 0 Å². The molecule has 2 aromatic carbocycles. The highest BCUT2D eigenvalue weighted by Gasteiger charge is 2.32. The Kier molecular flexibility index (Phi) is 7.44. The van der Waals surface area contributed by atoms with Crippen molar-refractivity contribution in [2.45, 2.75) is 31.4 Å². The second kappa shape index (κ2) is 11.1. The van der Waals surface area contributed by atoms with Crippen molar-refractivity contribution in [2.75, 3.05) is 18.4 Å². The first-order valence-corrected chi connectivity index (χ1v) is 12.5. The van der Waals surface area contributed by atoms with E-state index in [0.717, 1.165) is 30.0 Å². The molecule has 2 aromatic heterocycles. The number of halogens is 3. The largest absolute Gasteiger partial charge is 0.444 e. The quantitative estimate of drug-likeness (QED) is 0.330. The predicted octanol–water partition coefficient (Wildman–Crippen LogP) is 5.96. The molecule has 2 amide bonds. The summed E-state index contributed by atoms with van der Waals surface area (Å²) in [6.45, 7) is 1.25. The Hall–Kier alpha value is -4.47. The van der Waals surface area contributed by atoms with Crippen LogP contribution in [0.5, 0.6) is 0 Å². The van der Waals surface area contributed by atoms with Gasteiger partial charge in [0.1, 0.15) is 5.69 Å². The van der Waals surface area contributed by atoms with Crippen LogP contribution < -0.4 is 5.32 Å². The fourth-order valence-corrected chi connectivity index (χ4v) is 4.71. The lowest BCUT2D eigenvalue weighted by molar-refractivity contribution is -0.141. The molecule has 0 radical (unpaired) electrons. The van der Waals surface area contributed by atoms with Crippen molar-refractivity contribution in [2.24, 2.45) is 0 Å². The fraction of sp³-hybridized carbons (Fsp3) is 0.241. The number of aromatic nitrogens is 2. The number of likely N-dealkylation sites (tertiary alicyclic amines) is 1. The Morgan fingerprint density at radius 2 is 1.74 bits per heavy atom. The summed E-state index contributed by atoms with van der Waals surface area (Å²) >= 11 is 0. The van der Waals surface area contributed by atoms with E-state index in [9.17, 15) is 22.8 Å². The Morgan fingerprint density at radius 3 is 2.44 bits per heavy atom. The zero-order valence-electron chi connectivity index (χ0n) is 20.8. The normalized spacial score (nSPS) is 14.3. The van der Waals surface area contributed by atoms with Gasteiger partial charge in [-0.05, 0) is 60.7 Å². The molecule has 1 saturated heterocycles. The van der Waals surface area contributed by atoms with E-state index in [-0.39, 0.29) is 23.9 Å². The van der Waals surface area contributed by atoms with Crippen LogP contribution in [0.15, 0.2) is 83.7 Å². The van der Waals surface area contributed by atoms with Gasteiger partial charge in [0.2, 0.25) is 5.91 Å². The van der Waals surface area contributed by atoms with Gasteiger partial charge in [-0.15, -0.1) is 0 Å². The molecular weight excluding hydrogens is 509 g/mol. The van der Waals surface area contributed by atoms with Crippen molar-refractivity contribution in [3.63, 3.8) is 0 Å². The van der Waals surface area contributed by atoms with Crippen molar-refractivity contribution >= 4 is 17.5 Å². The maximum absolute atomic E-state index is 13.1. The molecule has 1 N–H and O–H groups in total. The predicted molar refractivity (Wildman–Crippen MR) is 138 cm³/mol. The number of rotatable bonds is 6. The summed E-state index contributed by atoms with van der Waals surface area (Å²) in [5, 5.41) is 2.71. The van der Waals surface area contributed by atoms with Gasteiger partial charge >= 0.3 is 6.18 Å². The molecule has 3 heterocycles. The van der Waals surface area contributed by atoms with Gasteiger partial charge < -0.3 is 14.6 Å². The molecule has 0 bridgehead atoms. The number of carbonyl (C=O) groups excluding carboxylic acids is 2. The van der Waals surface area contributed by atoms with Crippen molar-refractivity contribution in [3.8, 4) is 11.3 Å². The number of pyridine rings is 1. The summed E-state index contributed by atoms with van der Waals surface area (Å²) < 4.78 is 43.9. The Balaban J connectivity index is 1.14. The second-order valence-electron chi connectivity index (χ2n) is 9.37. The Labute approximate surface area is 222 Å². The topological polar surface area (TPSA) is 88.3 Å².